The lowest BCUT2D eigenvalue weighted by Gasteiger charge is -2.18. The summed E-state index contributed by atoms with van der Waals surface area (Å²) in [5, 5.41) is 0. The van der Waals surface area contributed by atoms with E-state index in [4.69, 9.17) is 14.2 Å². The van der Waals surface area contributed by atoms with Gasteiger partial charge in [0.15, 0.2) is 6.10 Å². The number of hydrogen-bond donors (Lipinski definition) is 0. The number of ether oxygens (including phenoxy) is 3. The number of rotatable bonds is 44. The zero-order chi connectivity index (χ0) is 50.0. The fraction of sp³-hybridized carbons (Fsp3) is 0.476. The van der Waals surface area contributed by atoms with Crippen molar-refractivity contribution in [2.24, 2.45) is 0 Å². The highest BCUT2D eigenvalue weighted by Gasteiger charge is 2.19. The van der Waals surface area contributed by atoms with Gasteiger partial charge in [-0.2, -0.15) is 0 Å². The van der Waals surface area contributed by atoms with E-state index in [0.29, 0.717) is 6.42 Å². The molecule has 0 aromatic heterocycles. The Morgan fingerprint density at radius 3 is 1.00 bits per heavy atom. The normalized spacial score (nSPS) is 13.6. The second-order valence-electron chi connectivity index (χ2n) is 16.6. The fourth-order valence-corrected chi connectivity index (χ4v) is 6.31. The number of carbonyl (C=O) groups excluding carboxylic acids is 3. The third-order valence-electron chi connectivity index (χ3n) is 10.2. The Hall–Kier alpha value is -5.49. The average molecular weight is 945 g/mol. The number of esters is 3. The van der Waals surface area contributed by atoms with Crippen LogP contribution >= 0.6 is 0 Å². The molecule has 0 fully saturated rings. The van der Waals surface area contributed by atoms with Crippen LogP contribution < -0.4 is 0 Å². The van der Waals surface area contributed by atoms with Gasteiger partial charge < -0.3 is 14.2 Å². The Bertz CT molecular complexity index is 1700. The summed E-state index contributed by atoms with van der Waals surface area (Å²) in [7, 11) is 0. The van der Waals surface area contributed by atoms with Crippen LogP contribution in [-0.4, -0.2) is 37.2 Å². The van der Waals surface area contributed by atoms with E-state index in [2.05, 4.69) is 93.7 Å². The van der Waals surface area contributed by atoms with E-state index in [-0.39, 0.29) is 50.4 Å². The highest BCUT2D eigenvalue weighted by Crippen LogP contribution is 2.12. The van der Waals surface area contributed by atoms with Crippen molar-refractivity contribution in [2.45, 2.75) is 181 Å². The second-order valence-corrected chi connectivity index (χ2v) is 16.6. The van der Waals surface area contributed by atoms with Gasteiger partial charge in [-0.3, -0.25) is 14.4 Å². The Labute approximate surface area is 421 Å². The van der Waals surface area contributed by atoms with E-state index >= 15 is 0 Å². The van der Waals surface area contributed by atoms with Crippen molar-refractivity contribution >= 4 is 17.9 Å². The van der Waals surface area contributed by atoms with Crippen molar-refractivity contribution < 1.29 is 28.6 Å². The van der Waals surface area contributed by atoms with Gasteiger partial charge >= 0.3 is 17.9 Å². The minimum absolute atomic E-state index is 0.130. The summed E-state index contributed by atoms with van der Waals surface area (Å²) in [6.07, 6.45) is 83.0. The van der Waals surface area contributed by atoms with Gasteiger partial charge in [0.1, 0.15) is 13.2 Å². The molecule has 0 N–H and O–H groups in total. The van der Waals surface area contributed by atoms with E-state index in [1.807, 2.05) is 109 Å². The van der Waals surface area contributed by atoms with Gasteiger partial charge in [-0.15, -0.1) is 0 Å². The summed E-state index contributed by atoms with van der Waals surface area (Å²) < 4.78 is 16.7. The van der Waals surface area contributed by atoms with Gasteiger partial charge in [-0.05, 0) is 96.3 Å². The average Bonchev–Trinajstić information content (AvgIpc) is 3.35. The molecule has 6 nitrogen and oxygen atoms in total. The van der Waals surface area contributed by atoms with Crippen LogP contribution in [0.5, 0.6) is 0 Å². The standard InChI is InChI=1S/C63H92O6/c1-4-7-10-13-16-19-22-25-27-29-31-33-35-38-41-44-47-50-53-56-62(65)68-59-60(58-67-61(64)55-52-49-46-43-40-37-24-21-18-15-12-9-6-3)69-63(66)57-54-51-48-45-42-39-36-34-32-30-28-26-23-20-17-14-11-8-5-2/h7-13,15-22,24-29,31-35,37-38,40-41,60H,4-6,14,23,30,36,39,42-59H2,1-3H3/b10-7+,11-8+,12-9+,16-13+,18-15+,20-17+,22-19+,24-21+,27-25+,28-26+,31-29+,34-32+,35-33+,40-37+,41-38+. The molecule has 0 aliphatic carbocycles. The van der Waals surface area contributed by atoms with Crippen LogP contribution in [0.1, 0.15) is 175 Å². The summed E-state index contributed by atoms with van der Waals surface area (Å²) in [6.45, 7) is 6.12. The Kier molecular flexibility index (Phi) is 50.7. The molecule has 0 saturated heterocycles. The van der Waals surface area contributed by atoms with E-state index in [1.54, 1.807) is 0 Å². The van der Waals surface area contributed by atoms with Crippen LogP contribution in [0.25, 0.3) is 0 Å². The van der Waals surface area contributed by atoms with Crippen molar-refractivity contribution in [3.05, 3.63) is 182 Å². The molecule has 0 saturated carbocycles. The topological polar surface area (TPSA) is 78.9 Å². The van der Waals surface area contributed by atoms with Gasteiger partial charge in [0.2, 0.25) is 0 Å². The fourth-order valence-electron chi connectivity index (χ4n) is 6.31. The van der Waals surface area contributed by atoms with Crippen molar-refractivity contribution in [3.63, 3.8) is 0 Å². The number of unbranched alkanes of at least 4 members (excludes halogenated alkanes) is 12. The Morgan fingerprint density at radius 2 is 0.594 bits per heavy atom. The zero-order valence-electron chi connectivity index (χ0n) is 43.2. The molecule has 0 aliphatic rings. The molecular weight excluding hydrogens is 853 g/mol. The molecule has 6 heteroatoms. The number of hydrogen-bond acceptors (Lipinski definition) is 6. The van der Waals surface area contributed by atoms with Crippen LogP contribution in [0, 0.1) is 0 Å². The number of allylic oxidation sites excluding steroid dienone is 30. The molecule has 0 aliphatic heterocycles. The summed E-state index contributed by atoms with van der Waals surface area (Å²) in [4.78, 5) is 38.1. The first-order valence-electron chi connectivity index (χ1n) is 26.4. The third kappa shape index (κ3) is 53.3. The predicted molar refractivity (Wildman–Crippen MR) is 297 cm³/mol. The van der Waals surface area contributed by atoms with Crippen LogP contribution in [0.3, 0.4) is 0 Å². The molecule has 0 spiro atoms. The maximum absolute atomic E-state index is 12.8. The van der Waals surface area contributed by atoms with Gasteiger partial charge in [-0.1, -0.05) is 242 Å². The van der Waals surface area contributed by atoms with Crippen LogP contribution in [0.15, 0.2) is 182 Å². The summed E-state index contributed by atoms with van der Waals surface area (Å²) >= 11 is 0. The van der Waals surface area contributed by atoms with Crippen molar-refractivity contribution in [2.75, 3.05) is 13.2 Å². The van der Waals surface area contributed by atoms with E-state index < -0.39 is 6.10 Å². The van der Waals surface area contributed by atoms with Gasteiger partial charge in [0.05, 0.1) is 0 Å². The first-order chi connectivity index (χ1) is 34.0. The third-order valence-corrected chi connectivity index (χ3v) is 10.2. The smallest absolute Gasteiger partial charge is 0.306 e. The Morgan fingerprint density at radius 1 is 0.304 bits per heavy atom. The minimum atomic E-state index is -0.833. The first kappa shape index (κ1) is 63.5. The SMILES string of the molecule is CC/C=C/C=C/C=C/C=C/C=C/C=C/C=C/CCCCCC(=O)OCC(COC(=O)CCCCC/C=C/C=C/C=C/C=C/CC)OC(=O)CCCCCCCC/C=C/C/C=C/C/C=C/C/C=C/CC. The van der Waals surface area contributed by atoms with Gasteiger partial charge in [0.25, 0.3) is 0 Å². The Balaban J connectivity index is 4.61. The molecule has 0 rings (SSSR count). The molecule has 0 heterocycles. The predicted octanol–water partition coefficient (Wildman–Crippen LogP) is 17.7. The maximum Gasteiger partial charge on any atom is 0.306 e. The van der Waals surface area contributed by atoms with Crippen LogP contribution in [0.4, 0.5) is 0 Å². The second kappa shape index (κ2) is 55.1. The molecule has 380 valence electrons. The molecule has 0 amide bonds. The first-order valence-corrected chi connectivity index (χ1v) is 26.4. The highest BCUT2D eigenvalue weighted by atomic mass is 16.6. The largest absolute Gasteiger partial charge is 0.462 e. The highest BCUT2D eigenvalue weighted by molar-refractivity contribution is 5.71. The molecule has 0 aromatic carbocycles. The van der Waals surface area contributed by atoms with Gasteiger partial charge in [-0.25, -0.2) is 0 Å². The zero-order valence-corrected chi connectivity index (χ0v) is 43.2. The molecule has 0 bridgehead atoms. The summed E-state index contributed by atoms with van der Waals surface area (Å²) in [5.74, 6) is -1.04. The van der Waals surface area contributed by atoms with Gasteiger partial charge in [0, 0.05) is 19.3 Å². The molecule has 69 heavy (non-hydrogen) atoms. The lowest BCUT2D eigenvalue weighted by Crippen LogP contribution is -2.30. The summed E-state index contributed by atoms with van der Waals surface area (Å²) in [5.41, 5.74) is 0. The van der Waals surface area contributed by atoms with Crippen molar-refractivity contribution in [3.8, 4) is 0 Å². The maximum atomic E-state index is 12.8. The molecule has 0 radical (unpaired) electrons. The van der Waals surface area contributed by atoms with E-state index in [1.165, 1.54) is 12.8 Å². The molecule has 1 unspecified atom stereocenters. The quantitative estimate of drug-likeness (QED) is 0.0199. The number of carbonyl (C=O) groups is 3. The van der Waals surface area contributed by atoms with Crippen LogP contribution in [-0.2, 0) is 28.6 Å². The molecular formula is C63H92O6. The molecule has 1 atom stereocenters. The minimum Gasteiger partial charge on any atom is -0.462 e. The van der Waals surface area contributed by atoms with E-state index in [0.717, 1.165) is 116 Å². The summed E-state index contributed by atoms with van der Waals surface area (Å²) in [6, 6.07) is 0. The monoisotopic (exact) mass is 945 g/mol. The van der Waals surface area contributed by atoms with Crippen molar-refractivity contribution in [1.82, 2.24) is 0 Å². The molecule has 0 aromatic rings. The lowest BCUT2D eigenvalue weighted by molar-refractivity contribution is -0.167. The van der Waals surface area contributed by atoms with Crippen LogP contribution in [0.2, 0.25) is 0 Å². The van der Waals surface area contributed by atoms with E-state index in [9.17, 15) is 14.4 Å². The lowest BCUT2D eigenvalue weighted by atomic mass is 10.1. The van der Waals surface area contributed by atoms with Crippen molar-refractivity contribution in [1.29, 1.82) is 0 Å².